The lowest BCUT2D eigenvalue weighted by molar-refractivity contribution is -0.121. The molecule has 0 spiro atoms. The Balaban J connectivity index is 1.59. The molecule has 1 heterocycles. The maximum atomic E-state index is 12.0. The molecule has 0 radical (unpaired) electrons. The van der Waals surface area contributed by atoms with E-state index in [1.807, 2.05) is 36.4 Å². The summed E-state index contributed by atoms with van der Waals surface area (Å²) in [5.74, 6) is 0.314. The molecule has 1 aromatic heterocycles. The van der Waals surface area contributed by atoms with E-state index in [1.165, 1.54) is 5.56 Å². The standard InChI is InChI=1S/C19H20N4O/c1-14(2)16-9-7-15(8-10-16)11-21-22-19(24)12-23-13-20-17-5-3-4-6-18(17)23/h3-11,13-14H,12H2,1-2H3,(H,22,24)/b21-11-. The van der Waals surface area contributed by atoms with Crippen LogP contribution in [-0.2, 0) is 11.3 Å². The highest BCUT2D eigenvalue weighted by molar-refractivity contribution is 5.83. The molecule has 2 aromatic carbocycles. The van der Waals surface area contributed by atoms with Gasteiger partial charge in [-0.3, -0.25) is 4.79 Å². The van der Waals surface area contributed by atoms with Gasteiger partial charge in [-0.25, -0.2) is 10.4 Å². The molecule has 1 N–H and O–H groups in total. The van der Waals surface area contributed by atoms with Gasteiger partial charge in [-0.05, 0) is 29.2 Å². The second-order valence-corrected chi connectivity index (χ2v) is 5.98. The molecule has 0 aliphatic carbocycles. The van der Waals surface area contributed by atoms with Crippen LogP contribution in [0.5, 0.6) is 0 Å². The summed E-state index contributed by atoms with van der Waals surface area (Å²) in [7, 11) is 0. The van der Waals surface area contributed by atoms with Gasteiger partial charge in [-0.2, -0.15) is 5.10 Å². The number of carbonyl (C=O) groups excluding carboxylic acids is 1. The fraction of sp³-hybridized carbons (Fsp3) is 0.211. The molecule has 1 amide bonds. The van der Waals surface area contributed by atoms with E-state index in [0.29, 0.717) is 5.92 Å². The Bertz CT molecular complexity index is 862. The Kier molecular flexibility index (Phi) is 4.70. The van der Waals surface area contributed by atoms with Crippen LogP contribution >= 0.6 is 0 Å². The second kappa shape index (κ2) is 7.08. The third-order valence-electron chi connectivity index (χ3n) is 3.85. The fourth-order valence-corrected chi connectivity index (χ4v) is 2.47. The Labute approximate surface area is 141 Å². The normalized spacial score (nSPS) is 11.5. The van der Waals surface area contributed by atoms with E-state index in [-0.39, 0.29) is 12.5 Å². The first kappa shape index (κ1) is 15.9. The summed E-state index contributed by atoms with van der Waals surface area (Å²) in [5.41, 5.74) is 6.59. The minimum absolute atomic E-state index is 0.185. The summed E-state index contributed by atoms with van der Waals surface area (Å²) in [4.78, 5) is 16.3. The number of hydrazone groups is 1. The first-order chi connectivity index (χ1) is 11.6. The van der Waals surface area contributed by atoms with E-state index < -0.39 is 0 Å². The number of nitrogens with zero attached hydrogens (tertiary/aromatic N) is 3. The average molecular weight is 320 g/mol. The number of amides is 1. The van der Waals surface area contributed by atoms with Gasteiger partial charge in [0.15, 0.2) is 0 Å². The van der Waals surface area contributed by atoms with Crippen LogP contribution < -0.4 is 5.43 Å². The molecule has 122 valence electrons. The van der Waals surface area contributed by atoms with E-state index in [1.54, 1.807) is 17.1 Å². The maximum absolute atomic E-state index is 12.0. The van der Waals surface area contributed by atoms with Gasteiger partial charge in [-0.15, -0.1) is 0 Å². The molecule has 0 atom stereocenters. The molecule has 0 fully saturated rings. The highest BCUT2D eigenvalue weighted by Gasteiger charge is 2.05. The fourth-order valence-electron chi connectivity index (χ4n) is 2.47. The zero-order valence-corrected chi connectivity index (χ0v) is 13.8. The molecular formula is C19H20N4O. The number of imidazole rings is 1. The lowest BCUT2D eigenvalue weighted by atomic mass is 10.0. The van der Waals surface area contributed by atoms with Gasteiger partial charge >= 0.3 is 0 Å². The summed E-state index contributed by atoms with van der Waals surface area (Å²) in [5, 5.41) is 4.02. The largest absolute Gasteiger partial charge is 0.321 e. The van der Waals surface area contributed by atoms with Crippen molar-refractivity contribution in [2.24, 2.45) is 5.10 Å². The Morgan fingerprint density at radius 2 is 1.96 bits per heavy atom. The summed E-state index contributed by atoms with van der Waals surface area (Å²) >= 11 is 0. The summed E-state index contributed by atoms with van der Waals surface area (Å²) < 4.78 is 1.80. The lowest BCUT2D eigenvalue weighted by Gasteiger charge is -2.05. The summed E-state index contributed by atoms with van der Waals surface area (Å²) in [6, 6.07) is 15.9. The van der Waals surface area contributed by atoms with Crippen LogP contribution in [0.4, 0.5) is 0 Å². The molecule has 0 aliphatic heterocycles. The molecule has 0 saturated carbocycles. The number of hydrogen-bond donors (Lipinski definition) is 1. The molecular weight excluding hydrogens is 300 g/mol. The van der Waals surface area contributed by atoms with E-state index in [0.717, 1.165) is 16.6 Å². The Morgan fingerprint density at radius 3 is 2.71 bits per heavy atom. The van der Waals surface area contributed by atoms with Crippen LogP contribution in [0.25, 0.3) is 11.0 Å². The third-order valence-corrected chi connectivity index (χ3v) is 3.85. The number of aromatic nitrogens is 2. The van der Waals surface area contributed by atoms with Crippen LogP contribution in [0.2, 0.25) is 0 Å². The number of carbonyl (C=O) groups is 1. The zero-order valence-electron chi connectivity index (χ0n) is 13.8. The molecule has 0 bridgehead atoms. The second-order valence-electron chi connectivity index (χ2n) is 5.98. The van der Waals surface area contributed by atoms with Crippen molar-refractivity contribution in [3.8, 4) is 0 Å². The maximum Gasteiger partial charge on any atom is 0.260 e. The summed E-state index contributed by atoms with van der Waals surface area (Å²) in [6.45, 7) is 4.50. The molecule has 0 aliphatic rings. The highest BCUT2D eigenvalue weighted by atomic mass is 16.2. The van der Waals surface area contributed by atoms with Crippen molar-refractivity contribution in [3.05, 3.63) is 66.0 Å². The quantitative estimate of drug-likeness (QED) is 0.579. The van der Waals surface area contributed by atoms with Gasteiger partial charge in [0.05, 0.1) is 23.6 Å². The van der Waals surface area contributed by atoms with Gasteiger partial charge < -0.3 is 4.57 Å². The van der Waals surface area contributed by atoms with Crippen LogP contribution in [0, 0.1) is 0 Å². The Morgan fingerprint density at radius 1 is 1.21 bits per heavy atom. The molecule has 5 heteroatoms. The molecule has 3 aromatic rings. The van der Waals surface area contributed by atoms with Crippen LogP contribution in [0.15, 0.2) is 60.0 Å². The number of benzene rings is 2. The van der Waals surface area contributed by atoms with Crippen molar-refractivity contribution in [1.82, 2.24) is 15.0 Å². The lowest BCUT2D eigenvalue weighted by Crippen LogP contribution is -2.22. The first-order valence-corrected chi connectivity index (χ1v) is 7.95. The first-order valence-electron chi connectivity index (χ1n) is 7.95. The van der Waals surface area contributed by atoms with Crippen LogP contribution in [0.3, 0.4) is 0 Å². The molecule has 0 unspecified atom stereocenters. The number of fused-ring (bicyclic) bond motifs is 1. The number of rotatable bonds is 5. The minimum Gasteiger partial charge on any atom is -0.321 e. The molecule has 5 nitrogen and oxygen atoms in total. The average Bonchev–Trinajstić information content (AvgIpc) is 2.98. The minimum atomic E-state index is -0.187. The van der Waals surface area contributed by atoms with Crippen molar-refractivity contribution in [1.29, 1.82) is 0 Å². The summed E-state index contributed by atoms with van der Waals surface area (Å²) in [6.07, 6.45) is 3.31. The van der Waals surface area contributed by atoms with Gasteiger partial charge in [0.25, 0.3) is 5.91 Å². The Hall–Kier alpha value is -2.95. The van der Waals surface area contributed by atoms with Crippen molar-refractivity contribution in [3.63, 3.8) is 0 Å². The zero-order chi connectivity index (χ0) is 16.9. The van der Waals surface area contributed by atoms with E-state index >= 15 is 0 Å². The van der Waals surface area contributed by atoms with Gasteiger partial charge in [0, 0.05) is 0 Å². The highest BCUT2D eigenvalue weighted by Crippen LogP contribution is 2.14. The van der Waals surface area contributed by atoms with Gasteiger partial charge in [-0.1, -0.05) is 50.2 Å². The SMILES string of the molecule is CC(C)c1ccc(/C=N\NC(=O)Cn2cnc3ccccc32)cc1. The van der Waals surface area contributed by atoms with E-state index in [4.69, 9.17) is 0 Å². The molecule has 0 saturated heterocycles. The third kappa shape index (κ3) is 3.68. The van der Waals surface area contributed by atoms with Crippen molar-refractivity contribution in [2.75, 3.05) is 0 Å². The van der Waals surface area contributed by atoms with E-state index in [2.05, 4.69) is 41.5 Å². The van der Waals surface area contributed by atoms with Gasteiger partial charge in [0.1, 0.15) is 6.54 Å². The monoisotopic (exact) mass is 320 g/mol. The van der Waals surface area contributed by atoms with Crippen molar-refractivity contribution in [2.45, 2.75) is 26.3 Å². The predicted octanol–water partition coefficient (Wildman–Crippen LogP) is 3.31. The van der Waals surface area contributed by atoms with Crippen molar-refractivity contribution < 1.29 is 4.79 Å². The number of nitrogens with one attached hydrogen (secondary N) is 1. The molecule has 3 rings (SSSR count). The van der Waals surface area contributed by atoms with Crippen LogP contribution in [-0.4, -0.2) is 21.7 Å². The number of para-hydroxylation sites is 2. The van der Waals surface area contributed by atoms with Crippen molar-refractivity contribution >= 4 is 23.2 Å². The molecule has 24 heavy (non-hydrogen) atoms. The van der Waals surface area contributed by atoms with Crippen LogP contribution in [0.1, 0.15) is 30.9 Å². The smallest absolute Gasteiger partial charge is 0.260 e. The van der Waals surface area contributed by atoms with E-state index in [9.17, 15) is 4.79 Å². The number of hydrogen-bond acceptors (Lipinski definition) is 3. The topological polar surface area (TPSA) is 59.3 Å². The predicted molar refractivity (Wildman–Crippen MR) is 96.0 cm³/mol. The van der Waals surface area contributed by atoms with Gasteiger partial charge in [0.2, 0.25) is 0 Å².